The Morgan fingerprint density at radius 3 is 2.07 bits per heavy atom. The SMILES string of the molecule is CC(C)OP(=O)(CO[C@H](C)CNC(=O)c1c2c(c(OC(c3ccccc3)c3ccccc3)c3ncccc13)C(=O)N(Cc1ccc(F)cc1)C2)OC(C)C. The van der Waals surface area contributed by atoms with Gasteiger partial charge in [-0.1, -0.05) is 78.9 Å². The molecule has 4 aromatic carbocycles. The van der Waals surface area contributed by atoms with Crippen molar-refractivity contribution in [3.8, 4) is 5.75 Å². The first-order valence-corrected chi connectivity index (χ1v) is 19.7. The fourth-order valence-electron chi connectivity index (χ4n) is 6.48. The van der Waals surface area contributed by atoms with Gasteiger partial charge in [-0.2, -0.15) is 0 Å². The van der Waals surface area contributed by atoms with Crippen molar-refractivity contribution in [2.45, 2.75) is 72.1 Å². The standard InChI is InChI=1S/C42H45FN3O7P/c1-27(2)52-54(49,53-28(3)4)26-50-29(5)23-45-41(47)36-34-17-12-22-44-38(34)40(51-39(31-13-8-6-9-14-31)32-15-10-7-11-16-32)37-35(36)25-46(42(37)48)24-30-18-20-33(43)21-19-30/h6-22,27-29,39H,23-26H2,1-5H3,(H,45,47)/t29-/m1/s1. The quantitative estimate of drug-likeness (QED) is 0.0995. The number of aromatic nitrogens is 1. The third kappa shape index (κ3) is 9.05. The fourth-order valence-corrected chi connectivity index (χ4v) is 8.37. The highest BCUT2D eigenvalue weighted by Crippen LogP contribution is 2.50. The Bertz CT molecular complexity index is 2080. The molecule has 0 aliphatic carbocycles. The van der Waals surface area contributed by atoms with Crippen LogP contribution < -0.4 is 10.1 Å². The Kier molecular flexibility index (Phi) is 12.2. The van der Waals surface area contributed by atoms with Gasteiger partial charge in [0.2, 0.25) is 0 Å². The largest absolute Gasteiger partial charge is 0.478 e. The molecule has 1 aliphatic heterocycles. The summed E-state index contributed by atoms with van der Waals surface area (Å²) in [5, 5.41) is 3.47. The number of rotatable bonds is 16. The summed E-state index contributed by atoms with van der Waals surface area (Å²) < 4.78 is 51.1. The molecule has 0 saturated heterocycles. The number of nitrogens with one attached hydrogen (secondary N) is 1. The van der Waals surface area contributed by atoms with Crippen LogP contribution in [0.4, 0.5) is 4.39 Å². The summed E-state index contributed by atoms with van der Waals surface area (Å²) in [5.74, 6) is -0.890. The zero-order valence-corrected chi connectivity index (χ0v) is 31.9. The highest BCUT2D eigenvalue weighted by atomic mass is 31.2. The van der Waals surface area contributed by atoms with Gasteiger partial charge in [-0.05, 0) is 69.5 Å². The van der Waals surface area contributed by atoms with E-state index in [4.69, 9.17) is 23.5 Å². The predicted octanol–water partition coefficient (Wildman–Crippen LogP) is 8.83. The lowest BCUT2D eigenvalue weighted by Gasteiger charge is -2.24. The molecule has 54 heavy (non-hydrogen) atoms. The first kappa shape index (κ1) is 38.8. The number of halogens is 1. The lowest BCUT2D eigenvalue weighted by molar-refractivity contribution is 0.0604. The molecule has 12 heteroatoms. The summed E-state index contributed by atoms with van der Waals surface area (Å²) in [7, 11) is -3.56. The summed E-state index contributed by atoms with van der Waals surface area (Å²) in [6, 6.07) is 28.9. The van der Waals surface area contributed by atoms with Gasteiger partial charge in [0.15, 0.2) is 5.75 Å². The van der Waals surface area contributed by atoms with E-state index in [2.05, 4.69) is 5.32 Å². The van der Waals surface area contributed by atoms with Crippen LogP contribution in [0.15, 0.2) is 103 Å². The van der Waals surface area contributed by atoms with E-state index in [1.807, 2.05) is 60.7 Å². The van der Waals surface area contributed by atoms with E-state index in [9.17, 15) is 18.5 Å². The zero-order valence-electron chi connectivity index (χ0n) is 31.0. The Morgan fingerprint density at radius 2 is 1.48 bits per heavy atom. The van der Waals surface area contributed by atoms with Gasteiger partial charge in [0, 0.05) is 36.8 Å². The molecular formula is C42H45FN3O7P. The molecule has 282 valence electrons. The second-order valence-corrected chi connectivity index (χ2v) is 15.7. The molecule has 0 saturated carbocycles. The Hall–Kier alpha value is -4.93. The Morgan fingerprint density at radius 1 is 0.870 bits per heavy atom. The number of hydrogen-bond acceptors (Lipinski definition) is 8. The number of carbonyl (C=O) groups is 2. The van der Waals surface area contributed by atoms with Crippen molar-refractivity contribution in [2.75, 3.05) is 12.9 Å². The Labute approximate surface area is 315 Å². The average Bonchev–Trinajstić information content (AvgIpc) is 3.47. The molecule has 1 aliphatic rings. The van der Waals surface area contributed by atoms with Crippen LogP contribution in [0.5, 0.6) is 5.75 Å². The molecular weight excluding hydrogens is 708 g/mol. The molecule has 0 bridgehead atoms. The number of fused-ring (bicyclic) bond motifs is 2. The number of hydrogen-bond donors (Lipinski definition) is 1. The van der Waals surface area contributed by atoms with Gasteiger partial charge in [-0.15, -0.1) is 0 Å². The summed E-state index contributed by atoms with van der Waals surface area (Å²) >= 11 is 0. The number of amides is 2. The molecule has 0 radical (unpaired) electrons. The van der Waals surface area contributed by atoms with Gasteiger partial charge < -0.3 is 28.7 Å². The first-order chi connectivity index (χ1) is 25.9. The molecule has 6 rings (SSSR count). The highest BCUT2D eigenvalue weighted by Gasteiger charge is 2.38. The van der Waals surface area contributed by atoms with Crippen LogP contribution in [-0.2, 0) is 31.4 Å². The monoisotopic (exact) mass is 753 g/mol. The smallest absolute Gasteiger partial charge is 0.356 e. The van der Waals surface area contributed by atoms with Crippen molar-refractivity contribution in [3.63, 3.8) is 0 Å². The third-order valence-corrected chi connectivity index (χ3v) is 10.7. The summed E-state index contributed by atoms with van der Waals surface area (Å²) in [5.41, 5.74) is 3.84. The minimum Gasteiger partial charge on any atom is -0.478 e. The van der Waals surface area contributed by atoms with Crippen LogP contribution in [0.25, 0.3) is 10.9 Å². The van der Waals surface area contributed by atoms with Gasteiger partial charge in [-0.25, -0.2) is 4.39 Å². The van der Waals surface area contributed by atoms with Gasteiger partial charge >= 0.3 is 7.60 Å². The molecule has 2 amide bonds. The fraction of sp³-hybridized carbons (Fsp3) is 0.310. The van der Waals surface area contributed by atoms with Gasteiger partial charge in [0.25, 0.3) is 11.8 Å². The summed E-state index contributed by atoms with van der Waals surface area (Å²) in [6.45, 7) is 9.16. The van der Waals surface area contributed by atoms with Crippen LogP contribution in [-0.4, -0.2) is 52.9 Å². The number of benzene rings is 4. The van der Waals surface area contributed by atoms with Gasteiger partial charge in [-0.3, -0.25) is 19.1 Å². The number of nitrogens with zero attached hydrogens (tertiary/aromatic N) is 2. The molecule has 1 aromatic heterocycles. The molecule has 0 fully saturated rings. The van der Waals surface area contributed by atoms with E-state index in [0.29, 0.717) is 16.5 Å². The maximum absolute atomic E-state index is 14.5. The maximum atomic E-state index is 14.5. The van der Waals surface area contributed by atoms with Crippen LogP contribution in [0.1, 0.15) is 83.7 Å². The highest BCUT2D eigenvalue weighted by molar-refractivity contribution is 7.53. The molecule has 0 unspecified atom stereocenters. The van der Waals surface area contributed by atoms with Gasteiger partial charge in [0.05, 0.1) is 29.4 Å². The molecule has 10 nitrogen and oxygen atoms in total. The van der Waals surface area contributed by atoms with Crippen molar-refractivity contribution >= 4 is 30.3 Å². The topological polar surface area (TPSA) is 116 Å². The number of pyridine rings is 1. The minimum atomic E-state index is -3.56. The zero-order chi connectivity index (χ0) is 38.4. The van der Waals surface area contributed by atoms with E-state index >= 15 is 0 Å². The van der Waals surface area contributed by atoms with E-state index < -0.39 is 25.7 Å². The molecule has 1 N–H and O–H groups in total. The number of ether oxygens (including phenoxy) is 2. The van der Waals surface area contributed by atoms with Crippen molar-refractivity contribution in [1.29, 1.82) is 0 Å². The second kappa shape index (κ2) is 17.0. The molecule has 1 atom stereocenters. The van der Waals surface area contributed by atoms with Crippen LogP contribution in [0.3, 0.4) is 0 Å². The lowest BCUT2D eigenvalue weighted by atomic mass is 9.95. The third-order valence-electron chi connectivity index (χ3n) is 8.74. The van der Waals surface area contributed by atoms with Gasteiger partial charge in [0.1, 0.15) is 23.8 Å². The van der Waals surface area contributed by atoms with E-state index in [-0.39, 0.29) is 66.8 Å². The minimum absolute atomic E-state index is 0.0638. The average molecular weight is 754 g/mol. The van der Waals surface area contributed by atoms with E-state index in [1.165, 1.54) is 12.1 Å². The first-order valence-electron chi connectivity index (χ1n) is 18.0. The Balaban J connectivity index is 1.37. The second-order valence-electron chi connectivity index (χ2n) is 13.8. The molecule has 2 heterocycles. The van der Waals surface area contributed by atoms with Crippen molar-refractivity contribution in [2.24, 2.45) is 0 Å². The summed E-state index contributed by atoms with van der Waals surface area (Å²) in [6.07, 6.45) is -0.538. The lowest BCUT2D eigenvalue weighted by Crippen LogP contribution is -2.33. The van der Waals surface area contributed by atoms with Crippen LogP contribution >= 0.6 is 7.60 Å². The van der Waals surface area contributed by atoms with E-state index in [1.54, 1.807) is 70.0 Å². The van der Waals surface area contributed by atoms with E-state index in [0.717, 1.165) is 16.7 Å². The predicted molar refractivity (Wildman–Crippen MR) is 205 cm³/mol. The number of carbonyl (C=O) groups excluding carboxylic acids is 2. The van der Waals surface area contributed by atoms with Crippen LogP contribution in [0.2, 0.25) is 0 Å². The molecule has 0 spiro atoms. The molecule has 5 aromatic rings. The normalized spacial score (nSPS) is 13.6. The summed E-state index contributed by atoms with van der Waals surface area (Å²) in [4.78, 5) is 35.1. The van der Waals surface area contributed by atoms with Crippen molar-refractivity contribution in [1.82, 2.24) is 15.2 Å². The maximum Gasteiger partial charge on any atom is 0.356 e. The van der Waals surface area contributed by atoms with Crippen LogP contribution in [0, 0.1) is 5.82 Å². The van der Waals surface area contributed by atoms with Crippen molar-refractivity contribution in [3.05, 3.63) is 142 Å². The van der Waals surface area contributed by atoms with Crippen molar-refractivity contribution < 1.29 is 37.1 Å².